The normalized spacial score (nSPS) is 12.9. The van der Waals surface area contributed by atoms with Gasteiger partial charge in [0.2, 0.25) is 11.8 Å². The Bertz CT molecular complexity index is 938. The Labute approximate surface area is 221 Å². The van der Waals surface area contributed by atoms with Crippen molar-refractivity contribution in [3.05, 3.63) is 34.9 Å². The van der Waals surface area contributed by atoms with E-state index in [4.69, 9.17) is 9.47 Å². The Balaban J connectivity index is 3.34. The zero-order valence-corrected chi connectivity index (χ0v) is 23.9. The molecule has 0 spiro atoms. The van der Waals surface area contributed by atoms with Crippen molar-refractivity contribution in [2.24, 2.45) is 5.92 Å². The summed E-state index contributed by atoms with van der Waals surface area (Å²) in [7, 11) is 0. The zero-order valence-electron chi connectivity index (χ0n) is 23.9. The molecule has 0 bridgehead atoms. The van der Waals surface area contributed by atoms with E-state index in [1.165, 1.54) is 4.90 Å². The second-order valence-corrected chi connectivity index (χ2v) is 10.6. The molecule has 37 heavy (non-hydrogen) atoms. The maximum absolute atomic E-state index is 13.9. The minimum absolute atomic E-state index is 0.0232. The van der Waals surface area contributed by atoms with Crippen LogP contribution in [0.2, 0.25) is 0 Å². The number of carbonyl (C=O) groups is 4. The van der Waals surface area contributed by atoms with Crippen LogP contribution in [0.3, 0.4) is 0 Å². The number of likely N-dealkylation sites (N-methyl/N-ethyl adjacent to an activating group) is 1. The van der Waals surface area contributed by atoms with Crippen LogP contribution in [0.4, 0.5) is 4.79 Å². The van der Waals surface area contributed by atoms with Gasteiger partial charge in [0.15, 0.2) is 0 Å². The average molecular weight is 520 g/mol. The number of nitrogens with zero attached hydrogens (tertiary/aromatic N) is 1. The summed E-state index contributed by atoms with van der Waals surface area (Å²) in [5.74, 6) is -1.10. The maximum atomic E-state index is 13.9. The van der Waals surface area contributed by atoms with Gasteiger partial charge in [0.25, 0.3) is 0 Å². The number of carbonyl (C=O) groups excluding carboxylic acids is 4. The molecule has 0 saturated carbocycles. The molecule has 9 heteroatoms. The molecule has 0 aliphatic carbocycles. The number of aryl methyl sites for hydroxylation is 2. The first-order chi connectivity index (χ1) is 17.2. The van der Waals surface area contributed by atoms with Crippen LogP contribution in [0.1, 0.15) is 84.0 Å². The van der Waals surface area contributed by atoms with Gasteiger partial charge in [0.1, 0.15) is 17.7 Å². The van der Waals surface area contributed by atoms with Crippen LogP contribution in [0.15, 0.2) is 18.2 Å². The molecule has 3 amide bonds. The summed E-state index contributed by atoms with van der Waals surface area (Å²) in [5, 5.41) is 5.50. The van der Waals surface area contributed by atoms with Gasteiger partial charge >= 0.3 is 12.1 Å². The highest BCUT2D eigenvalue weighted by Gasteiger charge is 2.36. The van der Waals surface area contributed by atoms with Gasteiger partial charge in [-0.15, -0.1) is 0 Å². The number of benzene rings is 1. The standard InChI is InChI=1S/C28H45N3O6/c1-10-31(26(34)22(16-18(3)4)30-27(35)37-28(7,8)9)24(21-13-12-19(5)17-20(21)6)25(33)29-15-14-23(32)36-11-2/h12-13,17-18,22,24H,10-11,14-16H2,1-9H3,(H,29,33)(H,30,35). The Morgan fingerprint density at radius 2 is 1.70 bits per heavy atom. The Kier molecular flexibility index (Phi) is 12.6. The largest absolute Gasteiger partial charge is 0.466 e. The first-order valence-electron chi connectivity index (χ1n) is 13.0. The minimum Gasteiger partial charge on any atom is -0.466 e. The predicted octanol–water partition coefficient (Wildman–Crippen LogP) is 4.20. The van der Waals surface area contributed by atoms with Crippen LogP contribution in [0.5, 0.6) is 0 Å². The molecule has 0 heterocycles. The molecule has 0 fully saturated rings. The van der Waals surface area contributed by atoms with Crippen molar-refractivity contribution in [2.45, 2.75) is 92.8 Å². The molecule has 208 valence electrons. The van der Waals surface area contributed by atoms with Crippen molar-refractivity contribution >= 4 is 23.9 Å². The second-order valence-electron chi connectivity index (χ2n) is 10.6. The summed E-state index contributed by atoms with van der Waals surface area (Å²) >= 11 is 0. The third-order valence-electron chi connectivity index (χ3n) is 5.53. The fraction of sp³-hybridized carbons (Fsp3) is 0.643. The highest BCUT2D eigenvalue weighted by atomic mass is 16.6. The van der Waals surface area contributed by atoms with Gasteiger partial charge in [-0.05, 0) is 71.9 Å². The van der Waals surface area contributed by atoms with Gasteiger partial charge in [-0.1, -0.05) is 37.6 Å². The number of alkyl carbamates (subject to hydrolysis) is 1. The number of rotatable bonds is 12. The summed E-state index contributed by atoms with van der Waals surface area (Å²) in [6.07, 6.45) is -0.293. The van der Waals surface area contributed by atoms with Gasteiger partial charge in [-0.3, -0.25) is 14.4 Å². The molecule has 9 nitrogen and oxygen atoms in total. The average Bonchev–Trinajstić information content (AvgIpc) is 2.75. The van der Waals surface area contributed by atoms with Crippen LogP contribution < -0.4 is 10.6 Å². The van der Waals surface area contributed by atoms with Crippen LogP contribution in [0.25, 0.3) is 0 Å². The Hall–Kier alpha value is -3.10. The molecule has 2 N–H and O–H groups in total. The molecule has 0 aliphatic heterocycles. The molecule has 1 aromatic rings. The molecule has 1 aromatic carbocycles. The lowest BCUT2D eigenvalue weighted by Gasteiger charge is -2.34. The van der Waals surface area contributed by atoms with Crippen LogP contribution >= 0.6 is 0 Å². The molecule has 1 rings (SSSR count). The first kappa shape index (κ1) is 31.9. The lowest BCUT2D eigenvalue weighted by Crippen LogP contribution is -2.53. The van der Waals surface area contributed by atoms with E-state index in [9.17, 15) is 19.2 Å². The number of hydrogen-bond donors (Lipinski definition) is 2. The van der Waals surface area contributed by atoms with Crippen molar-refractivity contribution in [3.8, 4) is 0 Å². The van der Waals surface area contributed by atoms with Crippen LogP contribution in [-0.4, -0.2) is 60.1 Å². The van der Waals surface area contributed by atoms with E-state index in [0.29, 0.717) is 12.0 Å². The molecule has 0 radical (unpaired) electrons. The molecular weight excluding hydrogens is 474 g/mol. The molecule has 0 saturated heterocycles. The van der Waals surface area contributed by atoms with Gasteiger partial charge in [-0.25, -0.2) is 4.79 Å². The van der Waals surface area contributed by atoms with E-state index in [0.717, 1.165) is 11.1 Å². The van der Waals surface area contributed by atoms with Crippen molar-refractivity contribution < 1.29 is 28.7 Å². The number of nitrogens with one attached hydrogen (secondary N) is 2. The quantitative estimate of drug-likeness (QED) is 0.400. The van der Waals surface area contributed by atoms with Crippen LogP contribution in [0, 0.1) is 19.8 Å². The lowest BCUT2D eigenvalue weighted by atomic mass is 9.95. The summed E-state index contributed by atoms with van der Waals surface area (Å²) in [6.45, 7) is 17.1. The number of amides is 3. The summed E-state index contributed by atoms with van der Waals surface area (Å²) in [4.78, 5) is 53.2. The SMILES string of the molecule is CCOC(=O)CCNC(=O)C(c1ccc(C)cc1C)N(CC)C(=O)C(CC(C)C)NC(=O)OC(C)(C)C. The molecule has 2 atom stereocenters. The smallest absolute Gasteiger partial charge is 0.408 e. The minimum atomic E-state index is -0.949. The van der Waals surface area contributed by atoms with E-state index in [1.54, 1.807) is 34.6 Å². The number of ether oxygens (including phenoxy) is 2. The summed E-state index contributed by atoms with van der Waals surface area (Å²) in [5.41, 5.74) is 1.84. The summed E-state index contributed by atoms with van der Waals surface area (Å²) < 4.78 is 10.3. The number of hydrogen-bond acceptors (Lipinski definition) is 6. The molecule has 0 aromatic heterocycles. The van der Waals surface area contributed by atoms with Crippen molar-refractivity contribution in [3.63, 3.8) is 0 Å². The third kappa shape index (κ3) is 10.8. The second kappa shape index (κ2) is 14.6. The van der Waals surface area contributed by atoms with Gasteiger partial charge in [0, 0.05) is 13.1 Å². The highest BCUT2D eigenvalue weighted by Crippen LogP contribution is 2.27. The van der Waals surface area contributed by atoms with E-state index in [-0.39, 0.29) is 37.9 Å². The van der Waals surface area contributed by atoms with Crippen molar-refractivity contribution in [2.75, 3.05) is 19.7 Å². The fourth-order valence-corrected chi connectivity index (χ4v) is 4.01. The highest BCUT2D eigenvalue weighted by molar-refractivity contribution is 5.92. The first-order valence-corrected chi connectivity index (χ1v) is 13.0. The Morgan fingerprint density at radius 1 is 1.05 bits per heavy atom. The van der Waals surface area contributed by atoms with Crippen molar-refractivity contribution in [1.82, 2.24) is 15.5 Å². The van der Waals surface area contributed by atoms with Crippen molar-refractivity contribution in [1.29, 1.82) is 0 Å². The van der Waals surface area contributed by atoms with E-state index < -0.39 is 35.7 Å². The Morgan fingerprint density at radius 3 is 2.22 bits per heavy atom. The number of esters is 1. The maximum Gasteiger partial charge on any atom is 0.408 e. The van der Waals surface area contributed by atoms with Gasteiger partial charge in [0.05, 0.1) is 13.0 Å². The molecule has 0 aliphatic rings. The fourth-order valence-electron chi connectivity index (χ4n) is 4.01. The lowest BCUT2D eigenvalue weighted by molar-refractivity contribution is -0.144. The van der Waals surface area contributed by atoms with Crippen LogP contribution in [-0.2, 0) is 23.9 Å². The van der Waals surface area contributed by atoms with Gasteiger partial charge in [-0.2, -0.15) is 0 Å². The monoisotopic (exact) mass is 519 g/mol. The molecular formula is C28H45N3O6. The van der Waals surface area contributed by atoms with Gasteiger partial charge < -0.3 is 25.0 Å². The van der Waals surface area contributed by atoms with E-state index in [2.05, 4.69) is 10.6 Å². The zero-order chi connectivity index (χ0) is 28.3. The topological polar surface area (TPSA) is 114 Å². The van der Waals surface area contributed by atoms with E-state index in [1.807, 2.05) is 45.9 Å². The predicted molar refractivity (Wildman–Crippen MR) is 143 cm³/mol. The van der Waals surface area contributed by atoms with E-state index >= 15 is 0 Å². The third-order valence-corrected chi connectivity index (χ3v) is 5.53. The summed E-state index contributed by atoms with van der Waals surface area (Å²) in [6, 6.07) is 3.86. The molecule has 2 unspecified atom stereocenters.